The molecule has 2 aliphatic rings. The van der Waals surface area contributed by atoms with Crippen LogP contribution in [-0.4, -0.2) is 60.8 Å². The van der Waals surface area contributed by atoms with Gasteiger partial charge in [-0.05, 0) is 38.8 Å². The van der Waals surface area contributed by atoms with Crippen LogP contribution in [0.15, 0.2) is 12.3 Å². The molecule has 0 aromatic carbocycles. The minimum atomic E-state index is 0.261. The first kappa shape index (κ1) is 13.8. The lowest BCUT2D eigenvalue weighted by atomic mass is 10.2. The van der Waals surface area contributed by atoms with Crippen LogP contribution in [0.2, 0.25) is 0 Å². The van der Waals surface area contributed by atoms with Gasteiger partial charge in [-0.15, -0.1) is 0 Å². The Labute approximate surface area is 121 Å². The second-order valence-electron chi connectivity index (χ2n) is 6.10. The van der Waals surface area contributed by atoms with E-state index in [1.807, 2.05) is 19.2 Å². The molecule has 1 unspecified atom stereocenters. The fourth-order valence-corrected chi connectivity index (χ4v) is 2.66. The summed E-state index contributed by atoms with van der Waals surface area (Å²) in [6.07, 6.45) is 4.80. The van der Waals surface area contributed by atoms with Gasteiger partial charge >= 0.3 is 0 Å². The lowest BCUT2D eigenvalue weighted by Gasteiger charge is -2.34. The number of rotatable bonds is 5. The number of aromatic nitrogens is 2. The van der Waals surface area contributed by atoms with Gasteiger partial charge in [0.05, 0.1) is 12.7 Å². The number of morpholine rings is 1. The normalized spacial score (nSPS) is 23.8. The number of hydrogen-bond acceptors (Lipinski definition) is 5. The molecule has 1 aliphatic carbocycles. The molecular weight excluding hydrogens is 252 g/mol. The van der Waals surface area contributed by atoms with Gasteiger partial charge in [-0.1, -0.05) is 0 Å². The summed E-state index contributed by atoms with van der Waals surface area (Å²) in [5.74, 6) is 1.68. The second kappa shape index (κ2) is 6.06. The highest BCUT2D eigenvalue weighted by molar-refractivity contribution is 5.31. The molecule has 1 aromatic heterocycles. The molecule has 3 rings (SSSR count). The van der Waals surface area contributed by atoms with Crippen molar-refractivity contribution in [2.45, 2.75) is 25.9 Å². The van der Waals surface area contributed by atoms with Crippen molar-refractivity contribution in [3.63, 3.8) is 0 Å². The standard InChI is InChI=1S/C15H24N4O/c1-12-5-6-16-15(17-12)19(9-13-3-4-13)11-14-10-18(2)7-8-20-14/h5-6,13-14H,3-4,7-11H2,1-2H3. The molecule has 20 heavy (non-hydrogen) atoms. The molecule has 5 nitrogen and oxygen atoms in total. The van der Waals surface area contributed by atoms with Gasteiger partial charge in [0, 0.05) is 38.1 Å². The number of aryl methyl sites for hydroxylation is 1. The van der Waals surface area contributed by atoms with Crippen molar-refractivity contribution in [1.29, 1.82) is 0 Å². The van der Waals surface area contributed by atoms with E-state index in [1.165, 1.54) is 12.8 Å². The summed E-state index contributed by atoms with van der Waals surface area (Å²) in [6, 6.07) is 1.95. The number of ether oxygens (including phenoxy) is 1. The summed E-state index contributed by atoms with van der Waals surface area (Å²) >= 11 is 0. The van der Waals surface area contributed by atoms with Crippen molar-refractivity contribution in [1.82, 2.24) is 14.9 Å². The van der Waals surface area contributed by atoms with E-state index >= 15 is 0 Å². The molecule has 0 radical (unpaired) electrons. The third-order valence-electron chi connectivity index (χ3n) is 4.01. The fourth-order valence-electron chi connectivity index (χ4n) is 2.66. The first-order valence-corrected chi connectivity index (χ1v) is 7.55. The van der Waals surface area contributed by atoms with Crippen molar-refractivity contribution >= 4 is 5.95 Å². The highest BCUT2D eigenvalue weighted by atomic mass is 16.5. The molecule has 0 N–H and O–H groups in total. The van der Waals surface area contributed by atoms with Crippen LogP contribution in [0.3, 0.4) is 0 Å². The van der Waals surface area contributed by atoms with E-state index in [1.54, 1.807) is 0 Å². The average molecular weight is 276 g/mol. The fraction of sp³-hybridized carbons (Fsp3) is 0.733. The molecule has 110 valence electrons. The molecule has 0 spiro atoms. The minimum Gasteiger partial charge on any atom is -0.374 e. The monoisotopic (exact) mass is 276 g/mol. The molecule has 1 aromatic rings. The zero-order valence-corrected chi connectivity index (χ0v) is 12.5. The molecule has 1 atom stereocenters. The van der Waals surface area contributed by atoms with Crippen LogP contribution in [0.5, 0.6) is 0 Å². The molecule has 1 saturated heterocycles. The van der Waals surface area contributed by atoms with E-state index in [0.29, 0.717) is 0 Å². The maximum absolute atomic E-state index is 5.89. The Balaban J connectivity index is 1.68. The summed E-state index contributed by atoms with van der Waals surface area (Å²) in [6.45, 7) is 6.82. The number of hydrogen-bond donors (Lipinski definition) is 0. The third kappa shape index (κ3) is 3.67. The lowest BCUT2D eigenvalue weighted by Crippen LogP contribution is -2.47. The number of nitrogens with zero attached hydrogens (tertiary/aromatic N) is 4. The molecule has 2 fully saturated rings. The van der Waals surface area contributed by atoms with E-state index < -0.39 is 0 Å². The van der Waals surface area contributed by atoms with Crippen LogP contribution in [0.4, 0.5) is 5.95 Å². The SMILES string of the molecule is Cc1ccnc(N(CC2CC2)CC2CN(C)CCO2)n1. The van der Waals surface area contributed by atoms with Crippen molar-refractivity contribution in [3.05, 3.63) is 18.0 Å². The van der Waals surface area contributed by atoms with Crippen LogP contribution in [0.1, 0.15) is 18.5 Å². The van der Waals surface area contributed by atoms with Crippen LogP contribution in [0, 0.1) is 12.8 Å². The third-order valence-corrected chi connectivity index (χ3v) is 4.01. The van der Waals surface area contributed by atoms with Crippen molar-refractivity contribution < 1.29 is 4.74 Å². The number of likely N-dealkylation sites (N-methyl/N-ethyl adjacent to an activating group) is 1. The van der Waals surface area contributed by atoms with Gasteiger partial charge < -0.3 is 14.5 Å². The number of anilines is 1. The first-order chi connectivity index (χ1) is 9.70. The molecule has 5 heteroatoms. The van der Waals surface area contributed by atoms with Gasteiger partial charge in [0.1, 0.15) is 0 Å². The Morgan fingerprint density at radius 2 is 2.25 bits per heavy atom. The Hall–Kier alpha value is -1.20. The Bertz CT molecular complexity index is 449. The minimum absolute atomic E-state index is 0.261. The lowest BCUT2D eigenvalue weighted by molar-refractivity contribution is -0.0149. The maximum Gasteiger partial charge on any atom is 0.225 e. The smallest absolute Gasteiger partial charge is 0.225 e. The van der Waals surface area contributed by atoms with Gasteiger partial charge in [-0.2, -0.15) is 0 Å². The molecule has 0 amide bonds. The highest BCUT2D eigenvalue weighted by Gasteiger charge is 2.28. The summed E-state index contributed by atoms with van der Waals surface area (Å²) in [7, 11) is 2.16. The topological polar surface area (TPSA) is 41.5 Å². The van der Waals surface area contributed by atoms with E-state index in [9.17, 15) is 0 Å². The van der Waals surface area contributed by atoms with Crippen molar-refractivity contribution in [3.8, 4) is 0 Å². The molecule has 2 heterocycles. The second-order valence-corrected chi connectivity index (χ2v) is 6.10. The van der Waals surface area contributed by atoms with E-state index in [2.05, 4.69) is 26.8 Å². The quantitative estimate of drug-likeness (QED) is 0.811. The zero-order valence-electron chi connectivity index (χ0n) is 12.5. The van der Waals surface area contributed by atoms with Gasteiger partial charge in [-0.3, -0.25) is 0 Å². The summed E-state index contributed by atoms with van der Waals surface area (Å²) < 4.78 is 5.89. The van der Waals surface area contributed by atoms with E-state index in [4.69, 9.17) is 4.74 Å². The zero-order chi connectivity index (χ0) is 13.9. The van der Waals surface area contributed by atoms with Gasteiger partial charge in [-0.25, -0.2) is 9.97 Å². The largest absolute Gasteiger partial charge is 0.374 e. The van der Waals surface area contributed by atoms with Crippen LogP contribution < -0.4 is 4.90 Å². The van der Waals surface area contributed by atoms with Gasteiger partial charge in [0.15, 0.2) is 0 Å². The van der Waals surface area contributed by atoms with Gasteiger partial charge in [0.2, 0.25) is 5.95 Å². The van der Waals surface area contributed by atoms with E-state index in [-0.39, 0.29) is 6.10 Å². The summed E-state index contributed by atoms with van der Waals surface area (Å²) in [4.78, 5) is 13.7. The van der Waals surface area contributed by atoms with E-state index in [0.717, 1.165) is 50.3 Å². The van der Waals surface area contributed by atoms with Crippen molar-refractivity contribution in [2.24, 2.45) is 5.92 Å². The van der Waals surface area contributed by atoms with Crippen LogP contribution in [0.25, 0.3) is 0 Å². The Kier molecular flexibility index (Phi) is 4.17. The van der Waals surface area contributed by atoms with Crippen LogP contribution >= 0.6 is 0 Å². The predicted octanol–water partition coefficient (Wildman–Crippen LogP) is 1.33. The highest BCUT2D eigenvalue weighted by Crippen LogP contribution is 2.30. The summed E-state index contributed by atoms with van der Waals surface area (Å²) in [5.41, 5.74) is 1.03. The van der Waals surface area contributed by atoms with Gasteiger partial charge in [0.25, 0.3) is 0 Å². The predicted molar refractivity (Wildman–Crippen MR) is 78.9 cm³/mol. The Morgan fingerprint density at radius 3 is 2.95 bits per heavy atom. The summed E-state index contributed by atoms with van der Waals surface area (Å²) in [5, 5.41) is 0. The van der Waals surface area contributed by atoms with Crippen LogP contribution in [-0.2, 0) is 4.74 Å². The molecule has 1 saturated carbocycles. The van der Waals surface area contributed by atoms with Crippen molar-refractivity contribution in [2.75, 3.05) is 44.7 Å². The Morgan fingerprint density at radius 1 is 1.40 bits per heavy atom. The molecule has 1 aliphatic heterocycles. The molecule has 0 bridgehead atoms. The first-order valence-electron chi connectivity index (χ1n) is 7.55. The average Bonchev–Trinajstić information content (AvgIpc) is 3.22. The molecular formula is C15H24N4O. The maximum atomic E-state index is 5.89.